The molecule has 0 amide bonds. The quantitative estimate of drug-likeness (QED) is 0.184. The molecule has 0 unspecified atom stereocenters. The minimum Gasteiger partial charge on any atom is -0.504 e. The maximum atomic E-state index is 13.4. The molecule has 2 heterocycles. The van der Waals surface area contributed by atoms with Crippen LogP contribution in [-0.2, 0) is 0 Å². The summed E-state index contributed by atoms with van der Waals surface area (Å²) in [6.45, 7) is 2.33. The first-order valence-corrected chi connectivity index (χ1v) is 10.8. The number of phenolic OH excluding ortho intramolecular Hbond substituents is 2. The topological polar surface area (TPSA) is 172 Å². The molecule has 3 aromatic carbocycles. The number of aromatic carboxylic acids is 1. The first kappa shape index (κ1) is 23.5. The lowest BCUT2D eigenvalue weighted by atomic mass is 9.88. The summed E-state index contributed by atoms with van der Waals surface area (Å²) in [6, 6.07) is 7.15. The second kappa shape index (κ2) is 8.16. The molecular weight excluding hydrogens is 484 g/mol. The van der Waals surface area contributed by atoms with E-state index in [4.69, 9.17) is 8.83 Å². The minimum absolute atomic E-state index is 0.0580. The number of carboxylic acids is 1. The lowest BCUT2D eigenvalue weighted by Crippen LogP contribution is -2.15. The van der Waals surface area contributed by atoms with Crippen molar-refractivity contribution in [2.45, 2.75) is 13.8 Å². The van der Waals surface area contributed by atoms with E-state index >= 15 is 0 Å². The zero-order chi connectivity index (χ0) is 26.8. The Bertz CT molecular complexity index is 1970. The molecule has 37 heavy (non-hydrogen) atoms. The Balaban J connectivity index is 2.01. The number of ketones is 2. The molecule has 0 fully saturated rings. The Morgan fingerprint density at radius 3 is 2.16 bits per heavy atom. The molecule has 0 aliphatic rings. The summed E-state index contributed by atoms with van der Waals surface area (Å²) >= 11 is 0. The van der Waals surface area contributed by atoms with E-state index < -0.39 is 39.9 Å². The number of aromatic hydroxyl groups is 2. The van der Waals surface area contributed by atoms with E-state index in [9.17, 15) is 39.3 Å². The summed E-state index contributed by atoms with van der Waals surface area (Å²) < 4.78 is 11.3. The van der Waals surface area contributed by atoms with Crippen molar-refractivity contribution in [3.05, 3.63) is 79.8 Å². The van der Waals surface area contributed by atoms with Gasteiger partial charge in [-0.2, -0.15) is 0 Å². The van der Waals surface area contributed by atoms with E-state index in [1.54, 1.807) is 0 Å². The number of hydrogen-bond donors (Lipinski definition) is 3. The zero-order valence-corrected chi connectivity index (χ0v) is 19.2. The lowest BCUT2D eigenvalue weighted by molar-refractivity contribution is 0.0698. The predicted octanol–water partition coefficient (Wildman–Crippen LogP) is 4.23. The number of phenols is 2. The van der Waals surface area contributed by atoms with Crippen molar-refractivity contribution < 1.29 is 38.5 Å². The molecule has 5 aromatic rings. The second-order valence-electron chi connectivity index (χ2n) is 8.39. The van der Waals surface area contributed by atoms with Crippen LogP contribution in [0.3, 0.4) is 0 Å². The maximum Gasteiger partial charge on any atom is 0.336 e. The average Bonchev–Trinajstić information content (AvgIpc) is 2.84. The van der Waals surface area contributed by atoms with Gasteiger partial charge in [0.15, 0.2) is 23.1 Å². The summed E-state index contributed by atoms with van der Waals surface area (Å²) in [5.74, 6) is -3.71. The number of rotatable bonds is 4. The zero-order valence-electron chi connectivity index (χ0n) is 19.2. The molecular formula is C27H16O10. The number of carboxylic acid groups (broad SMARTS) is 1. The smallest absolute Gasteiger partial charge is 0.336 e. The normalized spacial score (nSPS) is 11.3. The van der Waals surface area contributed by atoms with Gasteiger partial charge in [-0.25, -0.2) is 4.79 Å². The van der Waals surface area contributed by atoms with Crippen LogP contribution in [0.5, 0.6) is 11.5 Å². The van der Waals surface area contributed by atoms with Gasteiger partial charge in [0.05, 0.1) is 32.8 Å². The molecule has 3 N–H and O–H groups in total. The minimum atomic E-state index is -1.37. The number of carbonyl (C=O) groups excluding carboxylic acids is 2. The summed E-state index contributed by atoms with van der Waals surface area (Å²) in [4.78, 5) is 64.3. The highest BCUT2D eigenvalue weighted by molar-refractivity contribution is 6.18. The first-order valence-electron chi connectivity index (χ1n) is 10.8. The number of Topliss-reactive ketones (excluding diaryl/α,β-unsaturated/α-hetero) is 2. The van der Waals surface area contributed by atoms with E-state index in [0.717, 1.165) is 31.4 Å². The fourth-order valence-electron chi connectivity index (χ4n) is 4.43. The Morgan fingerprint density at radius 1 is 0.811 bits per heavy atom. The van der Waals surface area contributed by atoms with E-state index in [1.807, 2.05) is 0 Å². The molecule has 0 saturated carbocycles. The molecule has 10 heteroatoms. The SMILES string of the molecule is CC(=O)c1cc2c(=O)c3c(C(=O)O)cccc3oc2c(C(C)=O)c1-c1coc2cc(O)c(O)cc2c1=O. The van der Waals surface area contributed by atoms with Crippen LogP contribution in [0.25, 0.3) is 44.0 Å². The predicted molar refractivity (Wildman–Crippen MR) is 132 cm³/mol. The van der Waals surface area contributed by atoms with Crippen LogP contribution in [0, 0.1) is 0 Å². The van der Waals surface area contributed by atoms with Crippen LogP contribution in [0.2, 0.25) is 0 Å². The van der Waals surface area contributed by atoms with Crippen LogP contribution in [0.4, 0.5) is 0 Å². The Kier molecular flexibility index (Phi) is 5.18. The molecule has 0 saturated heterocycles. The third-order valence-corrected chi connectivity index (χ3v) is 6.09. The summed E-state index contributed by atoms with van der Waals surface area (Å²) in [5, 5.41) is 28.6. The maximum absolute atomic E-state index is 13.4. The highest BCUT2D eigenvalue weighted by Gasteiger charge is 2.28. The van der Waals surface area contributed by atoms with E-state index in [-0.39, 0.29) is 60.7 Å². The highest BCUT2D eigenvalue weighted by atomic mass is 16.4. The Hall–Kier alpha value is -5.25. The van der Waals surface area contributed by atoms with Crippen molar-refractivity contribution >= 4 is 50.4 Å². The van der Waals surface area contributed by atoms with Crippen molar-refractivity contribution in [2.75, 3.05) is 0 Å². The number of hydrogen-bond acceptors (Lipinski definition) is 9. The van der Waals surface area contributed by atoms with Gasteiger partial charge in [-0.05, 0) is 38.1 Å². The molecule has 0 aliphatic heterocycles. The van der Waals surface area contributed by atoms with Crippen LogP contribution in [0.1, 0.15) is 44.9 Å². The molecule has 2 aromatic heterocycles. The summed E-state index contributed by atoms with van der Waals surface area (Å²) in [5.41, 5.74) is -3.00. The summed E-state index contributed by atoms with van der Waals surface area (Å²) in [6.07, 6.45) is 1.00. The van der Waals surface area contributed by atoms with Gasteiger partial charge < -0.3 is 24.2 Å². The van der Waals surface area contributed by atoms with Gasteiger partial charge in [-0.15, -0.1) is 0 Å². The second-order valence-corrected chi connectivity index (χ2v) is 8.39. The fourth-order valence-corrected chi connectivity index (χ4v) is 4.43. The van der Waals surface area contributed by atoms with Crippen LogP contribution in [0.15, 0.2) is 61.1 Å². The average molecular weight is 500 g/mol. The molecule has 0 aliphatic carbocycles. The third-order valence-electron chi connectivity index (χ3n) is 6.09. The Morgan fingerprint density at radius 2 is 1.51 bits per heavy atom. The third kappa shape index (κ3) is 3.46. The molecule has 184 valence electrons. The standard InChI is InChI=1S/C27H16O10/c1-10(28)13-6-15-25(33)23-12(27(34)35)4-3-5-19(23)37-26(15)21(11(2)29)22(13)16-9-36-20-8-18(31)17(30)7-14(20)24(16)32/h3-9,30-31H,1-2H3,(H,34,35). The number of fused-ring (bicyclic) bond motifs is 3. The van der Waals surface area contributed by atoms with Crippen molar-refractivity contribution in [1.29, 1.82) is 0 Å². The van der Waals surface area contributed by atoms with E-state index in [1.165, 1.54) is 25.1 Å². The molecule has 5 rings (SSSR count). The van der Waals surface area contributed by atoms with Crippen molar-refractivity contribution in [1.82, 2.24) is 0 Å². The van der Waals surface area contributed by atoms with Gasteiger partial charge >= 0.3 is 5.97 Å². The van der Waals surface area contributed by atoms with Crippen molar-refractivity contribution in [3.8, 4) is 22.6 Å². The number of carbonyl (C=O) groups is 3. The van der Waals surface area contributed by atoms with Crippen LogP contribution in [-0.4, -0.2) is 32.9 Å². The van der Waals surface area contributed by atoms with Gasteiger partial charge in [0, 0.05) is 17.2 Å². The van der Waals surface area contributed by atoms with Gasteiger partial charge in [0.1, 0.15) is 23.0 Å². The largest absolute Gasteiger partial charge is 0.504 e. The summed E-state index contributed by atoms with van der Waals surface area (Å²) in [7, 11) is 0. The molecule has 0 spiro atoms. The Labute approximate surface area is 205 Å². The van der Waals surface area contributed by atoms with Crippen LogP contribution < -0.4 is 10.9 Å². The first-order chi connectivity index (χ1) is 17.5. The van der Waals surface area contributed by atoms with Gasteiger partial charge in [0.25, 0.3) is 0 Å². The molecule has 0 atom stereocenters. The van der Waals surface area contributed by atoms with Crippen molar-refractivity contribution in [3.63, 3.8) is 0 Å². The monoisotopic (exact) mass is 500 g/mol. The lowest BCUT2D eigenvalue weighted by Gasteiger charge is -2.15. The number of benzene rings is 3. The fraction of sp³-hybridized carbons (Fsp3) is 0.0741. The van der Waals surface area contributed by atoms with E-state index in [2.05, 4.69) is 0 Å². The highest BCUT2D eigenvalue weighted by Crippen LogP contribution is 2.36. The van der Waals surface area contributed by atoms with Gasteiger partial charge in [0.2, 0.25) is 10.9 Å². The molecule has 0 bridgehead atoms. The van der Waals surface area contributed by atoms with E-state index in [0.29, 0.717) is 0 Å². The molecule has 10 nitrogen and oxygen atoms in total. The van der Waals surface area contributed by atoms with Crippen molar-refractivity contribution in [2.24, 2.45) is 0 Å². The molecule has 0 radical (unpaired) electrons. The van der Waals surface area contributed by atoms with Gasteiger partial charge in [-0.3, -0.25) is 19.2 Å². The van der Waals surface area contributed by atoms with Gasteiger partial charge in [-0.1, -0.05) is 6.07 Å². The van der Waals surface area contributed by atoms with Crippen LogP contribution >= 0.6 is 0 Å².